The molecule has 3 aromatic rings. The number of methoxy groups -OCH3 is 5. The third-order valence-corrected chi connectivity index (χ3v) is 4.68. The van der Waals surface area contributed by atoms with Crippen molar-refractivity contribution in [3.05, 3.63) is 59.5 Å². The topological polar surface area (TPSA) is 88.4 Å². The van der Waals surface area contributed by atoms with Crippen LogP contribution in [0.1, 0.15) is 21.9 Å². The number of amides is 1. The zero-order valence-electron chi connectivity index (χ0n) is 18.1. The zero-order valence-corrected chi connectivity index (χ0v) is 18.1. The average Bonchev–Trinajstić information content (AvgIpc) is 3.27. The molecule has 1 N–H and O–H groups in total. The van der Waals surface area contributed by atoms with Gasteiger partial charge in [0.15, 0.2) is 17.3 Å². The van der Waals surface area contributed by atoms with E-state index in [4.69, 9.17) is 28.1 Å². The molecule has 0 atom stereocenters. The molecule has 3 rings (SSSR count). The van der Waals surface area contributed by atoms with E-state index in [1.807, 2.05) is 6.07 Å². The summed E-state index contributed by atoms with van der Waals surface area (Å²) < 4.78 is 32.6. The van der Waals surface area contributed by atoms with E-state index in [-0.39, 0.29) is 5.76 Å². The van der Waals surface area contributed by atoms with Gasteiger partial charge in [0.25, 0.3) is 5.91 Å². The van der Waals surface area contributed by atoms with Crippen LogP contribution in [0.25, 0.3) is 0 Å². The summed E-state index contributed by atoms with van der Waals surface area (Å²) >= 11 is 0. The quantitative estimate of drug-likeness (QED) is 0.548. The molecule has 0 fully saturated rings. The smallest absolute Gasteiger partial charge is 0.291 e. The summed E-state index contributed by atoms with van der Waals surface area (Å²) in [6.07, 6.45) is 0.377. The van der Waals surface area contributed by atoms with Crippen molar-refractivity contribution in [2.45, 2.75) is 6.42 Å². The molecule has 0 spiro atoms. The molecule has 0 aliphatic rings. The van der Waals surface area contributed by atoms with Crippen LogP contribution >= 0.6 is 0 Å². The summed E-state index contributed by atoms with van der Waals surface area (Å²) in [5, 5.41) is 2.79. The Kier molecular flexibility index (Phi) is 6.92. The number of furan rings is 1. The molecule has 1 heterocycles. The lowest BCUT2D eigenvalue weighted by molar-refractivity contribution is 0.0994. The van der Waals surface area contributed by atoms with E-state index in [9.17, 15) is 4.79 Å². The standard InChI is InChI=1S/C23H25NO7/c1-26-16-12-14(22(30-5)20(13-16)29-4)11-15-9-10-19(31-15)23(25)24-21-17(27-2)7-6-8-18(21)28-3/h6-10,12-13H,11H2,1-5H3,(H,24,25). The van der Waals surface area contributed by atoms with Gasteiger partial charge in [-0.15, -0.1) is 0 Å². The highest BCUT2D eigenvalue weighted by atomic mass is 16.5. The molecule has 1 aromatic heterocycles. The number of nitrogens with one attached hydrogen (secondary N) is 1. The van der Waals surface area contributed by atoms with Crippen molar-refractivity contribution in [1.29, 1.82) is 0 Å². The van der Waals surface area contributed by atoms with Crippen LogP contribution in [-0.2, 0) is 6.42 Å². The fraction of sp³-hybridized carbons (Fsp3) is 0.261. The van der Waals surface area contributed by atoms with E-state index in [1.165, 1.54) is 14.2 Å². The van der Waals surface area contributed by atoms with Crippen LogP contribution in [0.3, 0.4) is 0 Å². The van der Waals surface area contributed by atoms with E-state index < -0.39 is 5.91 Å². The number of para-hydroxylation sites is 1. The predicted molar refractivity (Wildman–Crippen MR) is 115 cm³/mol. The van der Waals surface area contributed by atoms with Gasteiger partial charge in [0.1, 0.15) is 28.7 Å². The Balaban J connectivity index is 1.84. The number of ether oxygens (including phenoxy) is 5. The summed E-state index contributed by atoms with van der Waals surface area (Å²) in [5.41, 5.74) is 1.22. The molecule has 0 aliphatic heterocycles. The Morgan fingerprint density at radius 1 is 0.839 bits per heavy atom. The molecule has 164 valence electrons. The molecule has 8 heteroatoms. The van der Waals surface area contributed by atoms with Crippen LogP contribution in [0.15, 0.2) is 46.9 Å². The van der Waals surface area contributed by atoms with Gasteiger partial charge in [-0.1, -0.05) is 6.07 Å². The third-order valence-electron chi connectivity index (χ3n) is 4.68. The predicted octanol–water partition coefficient (Wildman–Crippen LogP) is 4.17. The highest BCUT2D eigenvalue weighted by Crippen LogP contribution is 2.37. The Hall–Kier alpha value is -3.81. The first-order valence-electron chi connectivity index (χ1n) is 9.44. The number of benzene rings is 2. The lowest BCUT2D eigenvalue weighted by Crippen LogP contribution is -2.12. The van der Waals surface area contributed by atoms with Crippen molar-refractivity contribution in [2.24, 2.45) is 0 Å². The first-order chi connectivity index (χ1) is 15.0. The molecule has 0 unspecified atom stereocenters. The SMILES string of the molecule is COc1cc(Cc2ccc(C(=O)Nc3c(OC)cccc3OC)o2)c(OC)c(OC)c1. The van der Waals surface area contributed by atoms with Crippen LogP contribution < -0.4 is 29.0 Å². The molecular weight excluding hydrogens is 402 g/mol. The number of hydrogen-bond donors (Lipinski definition) is 1. The number of rotatable bonds is 9. The van der Waals surface area contributed by atoms with Crippen LogP contribution in [0, 0.1) is 0 Å². The maximum atomic E-state index is 12.8. The summed E-state index contributed by atoms with van der Waals surface area (Å²) in [6.45, 7) is 0. The maximum Gasteiger partial charge on any atom is 0.291 e. The third kappa shape index (κ3) is 4.69. The van der Waals surface area contributed by atoms with Gasteiger partial charge in [-0.2, -0.15) is 0 Å². The fourth-order valence-corrected chi connectivity index (χ4v) is 3.20. The molecule has 0 radical (unpaired) electrons. The van der Waals surface area contributed by atoms with E-state index in [2.05, 4.69) is 5.32 Å². The molecule has 0 saturated carbocycles. The Morgan fingerprint density at radius 2 is 1.52 bits per heavy atom. The molecule has 0 aliphatic carbocycles. The van der Waals surface area contributed by atoms with Crippen molar-refractivity contribution < 1.29 is 32.9 Å². The fourth-order valence-electron chi connectivity index (χ4n) is 3.20. The largest absolute Gasteiger partial charge is 0.497 e. The van der Waals surface area contributed by atoms with E-state index in [0.29, 0.717) is 46.6 Å². The second-order valence-corrected chi connectivity index (χ2v) is 6.46. The van der Waals surface area contributed by atoms with Crippen LogP contribution in [-0.4, -0.2) is 41.5 Å². The minimum absolute atomic E-state index is 0.150. The summed E-state index contributed by atoms with van der Waals surface area (Å²) in [4.78, 5) is 12.8. The van der Waals surface area contributed by atoms with Gasteiger partial charge < -0.3 is 33.4 Å². The minimum Gasteiger partial charge on any atom is -0.497 e. The summed E-state index contributed by atoms with van der Waals surface area (Å²) in [6, 6.07) is 12.2. The number of carbonyl (C=O) groups excluding carboxylic acids is 1. The molecular formula is C23H25NO7. The van der Waals surface area contributed by atoms with E-state index in [0.717, 1.165) is 5.56 Å². The van der Waals surface area contributed by atoms with Crippen LogP contribution in [0.2, 0.25) is 0 Å². The van der Waals surface area contributed by atoms with Gasteiger partial charge in [-0.05, 0) is 30.3 Å². The van der Waals surface area contributed by atoms with Gasteiger partial charge in [0.05, 0.1) is 35.5 Å². The second kappa shape index (κ2) is 9.80. The van der Waals surface area contributed by atoms with Gasteiger partial charge in [-0.25, -0.2) is 0 Å². The van der Waals surface area contributed by atoms with Crippen molar-refractivity contribution in [3.8, 4) is 28.7 Å². The van der Waals surface area contributed by atoms with Gasteiger partial charge >= 0.3 is 0 Å². The molecule has 1 amide bonds. The number of hydrogen-bond acceptors (Lipinski definition) is 7. The highest BCUT2D eigenvalue weighted by Gasteiger charge is 2.19. The normalized spacial score (nSPS) is 10.4. The average molecular weight is 427 g/mol. The highest BCUT2D eigenvalue weighted by molar-refractivity contribution is 6.04. The number of carbonyl (C=O) groups is 1. The van der Waals surface area contributed by atoms with Crippen molar-refractivity contribution >= 4 is 11.6 Å². The molecule has 2 aromatic carbocycles. The first-order valence-corrected chi connectivity index (χ1v) is 9.44. The van der Waals surface area contributed by atoms with E-state index >= 15 is 0 Å². The lowest BCUT2D eigenvalue weighted by Gasteiger charge is -2.14. The van der Waals surface area contributed by atoms with E-state index in [1.54, 1.807) is 57.7 Å². The number of anilines is 1. The van der Waals surface area contributed by atoms with Crippen LogP contribution in [0.5, 0.6) is 28.7 Å². The Bertz CT molecular complexity index is 1040. The minimum atomic E-state index is -0.427. The van der Waals surface area contributed by atoms with Crippen molar-refractivity contribution in [1.82, 2.24) is 0 Å². The summed E-state index contributed by atoms with van der Waals surface area (Å²) in [5.74, 6) is 3.00. The molecule has 0 bridgehead atoms. The van der Waals surface area contributed by atoms with Crippen molar-refractivity contribution in [3.63, 3.8) is 0 Å². The monoisotopic (exact) mass is 427 g/mol. The van der Waals surface area contributed by atoms with Gasteiger partial charge in [0.2, 0.25) is 0 Å². The molecule has 8 nitrogen and oxygen atoms in total. The van der Waals surface area contributed by atoms with Crippen LogP contribution in [0.4, 0.5) is 5.69 Å². The summed E-state index contributed by atoms with van der Waals surface area (Å²) in [7, 11) is 7.74. The Morgan fingerprint density at radius 3 is 2.10 bits per heavy atom. The lowest BCUT2D eigenvalue weighted by atomic mass is 10.1. The second-order valence-electron chi connectivity index (χ2n) is 6.46. The van der Waals surface area contributed by atoms with Gasteiger partial charge in [-0.3, -0.25) is 4.79 Å². The zero-order chi connectivity index (χ0) is 22.4. The molecule has 0 saturated heterocycles. The first kappa shape index (κ1) is 21.9. The Labute approximate surface area is 180 Å². The van der Waals surface area contributed by atoms with Gasteiger partial charge in [0, 0.05) is 18.1 Å². The maximum absolute atomic E-state index is 12.8. The van der Waals surface area contributed by atoms with Crippen molar-refractivity contribution in [2.75, 3.05) is 40.9 Å². The molecule has 31 heavy (non-hydrogen) atoms.